The lowest BCUT2D eigenvalue weighted by Gasteiger charge is -2.54. The molecule has 0 saturated heterocycles. The van der Waals surface area contributed by atoms with Crippen LogP contribution in [0.3, 0.4) is 0 Å². The van der Waals surface area contributed by atoms with E-state index in [1.807, 2.05) is 0 Å². The summed E-state index contributed by atoms with van der Waals surface area (Å²) < 4.78 is 0. The van der Waals surface area contributed by atoms with E-state index in [0.717, 1.165) is 0 Å². The summed E-state index contributed by atoms with van der Waals surface area (Å²) >= 11 is 0. The van der Waals surface area contributed by atoms with Gasteiger partial charge in [-0.2, -0.15) is 0 Å². The van der Waals surface area contributed by atoms with E-state index in [1.54, 1.807) is 0 Å². The Morgan fingerprint density at radius 1 is 1.22 bits per heavy atom. The molecule has 3 rings (SSSR count). The van der Waals surface area contributed by atoms with Gasteiger partial charge in [0.05, 0.1) is 0 Å². The van der Waals surface area contributed by atoms with Crippen LogP contribution in [0, 0.1) is 10.8 Å². The molecular formula is C9H14. The van der Waals surface area contributed by atoms with Crippen LogP contribution in [0.4, 0.5) is 0 Å². The first-order valence-corrected chi connectivity index (χ1v) is 3.80. The van der Waals surface area contributed by atoms with Crippen LogP contribution in [0.25, 0.3) is 0 Å². The zero-order chi connectivity index (χ0) is 6.54. The molecule has 0 amide bonds. The molecule has 0 unspecified atom stereocenters. The highest BCUT2D eigenvalue weighted by atomic mass is 14.5. The first kappa shape index (κ1) is 5.52. The molecular weight excluding hydrogens is 108 g/mol. The van der Waals surface area contributed by atoms with Gasteiger partial charge >= 0.3 is 0 Å². The first-order valence-electron chi connectivity index (χ1n) is 3.80. The van der Waals surface area contributed by atoms with E-state index in [0.29, 0.717) is 10.8 Å². The molecule has 0 heteroatoms. The number of allylic oxidation sites excluding steroid dienone is 2. The van der Waals surface area contributed by atoms with Gasteiger partial charge in [-0.15, -0.1) is 0 Å². The van der Waals surface area contributed by atoms with Gasteiger partial charge in [0, 0.05) is 0 Å². The Morgan fingerprint density at radius 2 is 1.89 bits per heavy atom. The molecule has 0 nitrogen and oxygen atoms in total. The Labute approximate surface area is 57.0 Å². The summed E-state index contributed by atoms with van der Waals surface area (Å²) in [5, 5.41) is 0. The molecule has 0 aromatic rings. The van der Waals surface area contributed by atoms with Crippen molar-refractivity contribution in [2.24, 2.45) is 10.8 Å². The van der Waals surface area contributed by atoms with Crippen molar-refractivity contribution < 1.29 is 0 Å². The largest absolute Gasteiger partial charge is 0.0874 e. The van der Waals surface area contributed by atoms with Crippen molar-refractivity contribution >= 4 is 0 Å². The highest BCUT2D eigenvalue weighted by molar-refractivity contribution is 5.16. The second-order valence-corrected chi connectivity index (χ2v) is 4.42. The van der Waals surface area contributed by atoms with Gasteiger partial charge in [-0.25, -0.2) is 0 Å². The van der Waals surface area contributed by atoms with Crippen LogP contribution in [0.5, 0.6) is 0 Å². The molecule has 1 saturated carbocycles. The predicted octanol–water partition coefficient (Wildman–Crippen LogP) is 2.75. The molecule has 2 bridgehead atoms. The van der Waals surface area contributed by atoms with Gasteiger partial charge < -0.3 is 0 Å². The fourth-order valence-corrected chi connectivity index (χ4v) is 2.79. The number of hydrogen-bond acceptors (Lipinski definition) is 0. The number of fused-ring (bicyclic) bond motifs is 1. The molecule has 0 radical (unpaired) electrons. The van der Waals surface area contributed by atoms with E-state index in [-0.39, 0.29) is 0 Å². The standard InChI is InChI=1S/C9H14/c1-8-4-3-5-9(2,6-8)7-8/h3-4H,5-7H2,1-2H3. The second-order valence-electron chi connectivity index (χ2n) is 4.42. The van der Waals surface area contributed by atoms with Gasteiger partial charge in [0.2, 0.25) is 0 Å². The highest BCUT2D eigenvalue weighted by Gasteiger charge is 2.48. The van der Waals surface area contributed by atoms with Crippen LogP contribution in [0.15, 0.2) is 12.2 Å². The van der Waals surface area contributed by atoms with Crippen molar-refractivity contribution in [1.82, 2.24) is 0 Å². The molecule has 3 aliphatic carbocycles. The quantitative estimate of drug-likeness (QED) is 0.433. The molecule has 3 aliphatic rings. The minimum absolute atomic E-state index is 0.604. The van der Waals surface area contributed by atoms with Crippen molar-refractivity contribution in [1.29, 1.82) is 0 Å². The lowest BCUT2D eigenvalue weighted by molar-refractivity contribution is 0.0162. The Balaban J connectivity index is 2.27. The maximum atomic E-state index is 2.40. The van der Waals surface area contributed by atoms with Gasteiger partial charge in [0.25, 0.3) is 0 Å². The lowest BCUT2D eigenvalue weighted by atomic mass is 9.50. The van der Waals surface area contributed by atoms with Gasteiger partial charge in [0.15, 0.2) is 0 Å². The van der Waals surface area contributed by atoms with E-state index in [9.17, 15) is 0 Å². The van der Waals surface area contributed by atoms with Gasteiger partial charge in [-0.1, -0.05) is 26.0 Å². The number of hydrogen-bond donors (Lipinski definition) is 0. The molecule has 0 N–H and O–H groups in total. The monoisotopic (exact) mass is 122 g/mol. The summed E-state index contributed by atoms with van der Waals surface area (Å²) in [6.45, 7) is 4.77. The zero-order valence-electron chi connectivity index (χ0n) is 6.28. The van der Waals surface area contributed by atoms with Crippen molar-refractivity contribution in [2.45, 2.75) is 33.1 Å². The maximum Gasteiger partial charge on any atom is -0.0136 e. The van der Waals surface area contributed by atoms with Crippen LogP contribution in [0.2, 0.25) is 0 Å². The van der Waals surface area contributed by atoms with E-state index >= 15 is 0 Å². The highest BCUT2D eigenvalue weighted by Crippen LogP contribution is 2.59. The molecule has 0 aliphatic heterocycles. The van der Waals surface area contributed by atoms with Crippen molar-refractivity contribution in [2.75, 3.05) is 0 Å². The fraction of sp³-hybridized carbons (Fsp3) is 0.778. The van der Waals surface area contributed by atoms with Crippen LogP contribution in [0.1, 0.15) is 33.1 Å². The Bertz CT molecular complexity index is 159. The molecule has 0 aromatic carbocycles. The Morgan fingerprint density at radius 3 is 2.22 bits per heavy atom. The summed E-state index contributed by atoms with van der Waals surface area (Å²) in [4.78, 5) is 0. The number of rotatable bonds is 0. The minimum atomic E-state index is 0.604. The lowest BCUT2D eigenvalue weighted by Crippen LogP contribution is -2.43. The van der Waals surface area contributed by atoms with E-state index < -0.39 is 0 Å². The second kappa shape index (κ2) is 1.25. The average molecular weight is 122 g/mol. The van der Waals surface area contributed by atoms with Gasteiger partial charge in [-0.3, -0.25) is 0 Å². The summed E-state index contributed by atoms with van der Waals surface area (Å²) in [7, 11) is 0. The third-order valence-corrected chi connectivity index (χ3v) is 2.79. The molecule has 0 spiro atoms. The predicted molar refractivity (Wildman–Crippen MR) is 39.2 cm³/mol. The summed E-state index contributed by atoms with van der Waals surface area (Å²) in [6, 6.07) is 0. The molecule has 1 fully saturated rings. The smallest absolute Gasteiger partial charge is 0.0136 e. The molecule has 50 valence electrons. The van der Waals surface area contributed by atoms with E-state index in [4.69, 9.17) is 0 Å². The Kier molecular flexibility index (Phi) is 0.769. The summed E-state index contributed by atoms with van der Waals surface area (Å²) in [6.07, 6.45) is 8.93. The van der Waals surface area contributed by atoms with Crippen molar-refractivity contribution in [3.8, 4) is 0 Å². The SMILES string of the molecule is CC12C=CCC(C)(C1)C2. The van der Waals surface area contributed by atoms with E-state index in [2.05, 4.69) is 26.0 Å². The van der Waals surface area contributed by atoms with Crippen LogP contribution < -0.4 is 0 Å². The normalized spacial score (nSPS) is 54.9. The maximum absolute atomic E-state index is 2.40. The van der Waals surface area contributed by atoms with E-state index in [1.165, 1.54) is 19.3 Å². The molecule has 9 heavy (non-hydrogen) atoms. The van der Waals surface area contributed by atoms with Crippen LogP contribution >= 0.6 is 0 Å². The minimum Gasteiger partial charge on any atom is -0.0874 e. The topological polar surface area (TPSA) is 0 Å². The molecule has 0 aromatic heterocycles. The Hall–Kier alpha value is -0.260. The third-order valence-electron chi connectivity index (χ3n) is 2.79. The fourth-order valence-electron chi connectivity index (χ4n) is 2.79. The van der Waals surface area contributed by atoms with Gasteiger partial charge in [-0.05, 0) is 30.1 Å². The van der Waals surface area contributed by atoms with Crippen molar-refractivity contribution in [3.63, 3.8) is 0 Å². The zero-order valence-corrected chi connectivity index (χ0v) is 6.28. The molecule has 0 heterocycles. The van der Waals surface area contributed by atoms with Crippen LogP contribution in [-0.4, -0.2) is 0 Å². The first-order chi connectivity index (χ1) is 4.12. The summed E-state index contributed by atoms with van der Waals surface area (Å²) in [5.41, 5.74) is 1.30. The van der Waals surface area contributed by atoms with Gasteiger partial charge in [0.1, 0.15) is 0 Å². The molecule has 0 atom stereocenters. The average Bonchev–Trinajstić information content (AvgIpc) is 1.59. The third kappa shape index (κ3) is 0.654. The van der Waals surface area contributed by atoms with Crippen LogP contribution in [-0.2, 0) is 0 Å². The van der Waals surface area contributed by atoms with Crippen molar-refractivity contribution in [3.05, 3.63) is 12.2 Å². The summed E-state index contributed by atoms with van der Waals surface area (Å²) in [5.74, 6) is 0.